The van der Waals surface area contributed by atoms with Crippen LogP contribution in [0.2, 0.25) is 0 Å². The van der Waals surface area contributed by atoms with Crippen molar-refractivity contribution in [3.05, 3.63) is 24.8 Å². The molecule has 0 bridgehead atoms. The Hall–Kier alpha value is -1.62. The number of aliphatic hydroxyl groups excluding tert-OH is 1. The zero-order valence-electron chi connectivity index (χ0n) is 6.30. The first-order valence-electron chi connectivity index (χ1n) is 2.90. The summed E-state index contributed by atoms with van der Waals surface area (Å²) >= 11 is 0. The number of hydrogen-bond donors (Lipinski definition) is 3. The molecule has 0 aliphatic rings. The van der Waals surface area contributed by atoms with Gasteiger partial charge in [0.2, 0.25) is 0 Å². The van der Waals surface area contributed by atoms with Crippen LogP contribution in [-0.2, 0) is 9.59 Å². The lowest BCUT2D eigenvalue weighted by Gasteiger charge is -1.74. The van der Waals surface area contributed by atoms with Crippen LogP contribution in [0.5, 0.6) is 0 Å². The molecule has 5 heteroatoms. The van der Waals surface area contributed by atoms with Crippen molar-refractivity contribution in [3.63, 3.8) is 0 Å². The van der Waals surface area contributed by atoms with Crippen molar-refractivity contribution >= 4 is 11.9 Å². The van der Waals surface area contributed by atoms with Crippen molar-refractivity contribution in [2.75, 3.05) is 6.61 Å². The highest BCUT2D eigenvalue weighted by atomic mass is 16.4. The Labute approximate surface area is 69.3 Å². The van der Waals surface area contributed by atoms with Gasteiger partial charge in [0.05, 0.1) is 6.61 Å². The lowest BCUT2D eigenvalue weighted by atomic mass is 10.5. The van der Waals surface area contributed by atoms with Gasteiger partial charge in [-0.3, -0.25) is 0 Å². The SMILES string of the molecule is C=CCO.O=C(O)C=CC(=O)O. The Morgan fingerprint density at radius 3 is 1.50 bits per heavy atom. The van der Waals surface area contributed by atoms with Crippen molar-refractivity contribution in [3.8, 4) is 0 Å². The predicted octanol–water partition coefficient (Wildman–Crippen LogP) is -0.124. The Kier molecular flexibility index (Phi) is 10.2. The second-order valence-corrected chi connectivity index (χ2v) is 1.48. The lowest BCUT2D eigenvalue weighted by molar-refractivity contribution is -0.134. The predicted molar refractivity (Wildman–Crippen MR) is 41.7 cm³/mol. The summed E-state index contributed by atoms with van der Waals surface area (Å²) in [6, 6.07) is 0. The molecule has 0 heterocycles. The maximum absolute atomic E-state index is 9.55. The molecular formula is C7H10O5. The van der Waals surface area contributed by atoms with E-state index in [9.17, 15) is 9.59 Å². The van der Waals surface area contributed by atoms with Gasteiger partial charge < -0.3 is 15.3 Å². The van der Waals surface area contributed by atoms with Gasteiger partial charge in [-0.2, -0.15) is 0 Å². The van der Waals surface area contributed by atoms with Crippen molar-refractivity contribution < 1.29 is 24.9 Å². The van der Waals surface area contributed by atoms with Crippen LogP contribution in [0.3, 0.4) is 0 Å². The Morgan fingerprint density at radius 1 is 1.17 bits per heavy atom. The van der Waals surface area contributed by atoms with Crippen LogP contribution in [0.15, 0.2) is 24.8 Å². The van der Waals surface area contributed by atoms with Gasteiger partial charge in [0.15, 0.2) is 0 Å². The minimum Gasteiger partial charge on any atom is -0.478 e. The number of aliphatic hydroxyl groups is 1. The molecule has 0 unspecified atom stereocenters. The monoisotopic (exact) mass is 174 g/mol. The average Bonchev–Trinajstić information content (AvgIpc) is 2.01. The second-order valence-electron chi connectivity index (χ2n) is 1.48. The second kappa shape index (κ2) is 9.38. The summed E-state index contributed by atoms with van der Waals surface area (Å²) in [5.41, 5.74) is 0. The minimum atomic E-state index is -1.26. The molecule has 0 aliphatic carbocycles. The van der Waals surface area contributed by atoms with Gasteiger partial charge >= 0.3 is 11.9 Å². The van der Waals surface area contributed by atoms with Gasteiger partial charge in [-0.25, -0.2) is 9.59 Å². The molecule has 68 valence electrons. The van der Waals surface area contributed by atoms with E-state index >= 15 is 0 Å². The summed E-state index contributed by atoms with van der Waals surface area (Å²) in [5.74, 6) is -2.51. The van der Waals surface area contributed by atoms with Gasteiger partial charge in [-0.15, -0.1) is 6.58 Å². The number of rotatable bonds is 3. The van der Waals surface area contributed by atoms with Gasteiger partial charge in [-0.05, 0) is 0 Å². The van der Waals surface area contributed by atoms with Crippen molar-refractivity contribution in [2.45, 2.75) is 0 Å². The van der Waals surface area contributed by atoms with Crippen LogP contribution in [0.25, 0.3) is 0 Å². The number of aliphatic carboxylic acids is 2. The average molecular weight is 174 g/mol. The number of carboxylic acid groups (broad SMARTS) is 2. The zero-order valence-corrected chi connectivity index (χ0v) is 6.30. The first kappa shape index (κ1) is 13.0. The van der Waals surface area contributed by atoms with Gasteiger partial charge in [0, 0.05) is 12.2 Å². The van der Waals surface area contributed by atoms with E-state index in [1.54, 1.807) is 0 Å². The molecule has 0 saturated carbocycles. The van der Waals surface area contributed by atoms with Crippen LogP contribution < -0.4 is 0 Å². The third-order valence-electron chi connectivity index (χ3n) is 0.498. The normalized spacial score (nSPS) is 8.42. The van der Waals surface area contributed by atoms with Crippen LogP contribution in [0.1, 0.15) is 0 Å². The molecule has 12 heavy (non-hydrogen) atoms. The van der Waals surface area contributed by atoms with Gasteiger partial charge in [0.25, 0.3) is 0 Å². The third-order valence-corrected chi connectivity index (χ3v) is 0.498. The molecule has 0 aromatic rings. The van der Waals surface area contributed by atoms with E-state index in [2.05, 4.69) is 6.58 Å². The van der Waals surface area contributed by atoms with E-state index in [1.165, 1.54) is 6.08 Å². The quantitative estimate of drug-likeness (QED) is 0.409. The Morgan fingerprint density at radius 2 is 1.42 bits per heavy atom. The summed E-state index contributed by atoms with van der Waals surface area (Å²) in [4.78, 5) is 19.1. The summed E-state index contributed by atoms with van der Waals surface area (Å²) in [6.45, 7) is 3.31. The van der Waals surface area contributed by atoms with Crippen molar-refractivity contribution in [1.82, 2.24) is 0 Å². The third kappa shape index (κ3) is 23.8. The topological polar surface area (TPSA) is 94.8 Å². The van der Waals surface area contributed by atoms with Crippen molar-refractivity contribution in [1.29, 1.82) is 0 Å². The van der Waals surface area contributed by atoms with Crippen LogP contribution in [0.4, 0.5) is 0 Å². The van der Waals surface area contributed by atoms with Crippen LogP contribution in [-0.4, -0.2) is 33.9 Å². The fraction of sp³-hybridized carbons (Fsp3) is 0.143. The van der Waals surface area contributed by atoms with E-state index in [-0.39, 0.29) is 6.61 Å². The Bertz CT molecular complexity index is 166. The molecule has 0 aromatic carbocycles. The smallest absolute Gasteiger partial charge is 0.328 e. The number of carboxylic acids is 2. The summed E-state index contributed by atoms with van der Waals surface area (Å²) in [7, 11) is 0. The first-order valence-corrected chi connectivity index (χ1v) is 2.90. The maximum atomic E-state index is 9.55. The molecule has 0 rings (SSSR count). The Balaban J connectivity index is 0. The minimum absolute atomic E-state index is 0.0833. The molecule has 0 spiro atoms. The molecular weight excluding hydrogens is 164 g/mol. The summed E-state index contributed by atoms with van der Waals surface area (Å²) < 4.78 is 0. The van der Waals surface area contributed by atoms with E-state index in [4.69, 9.17) is 15.3 Å². The lowest BCUT2D eigenvalue weighted by Crippen LogP contribution is -1.91. The fourth-order valence-corrected chi connectivity index (χ4v) is 0.143. The number of carbonyl (C=O) groups is 2. The van der Waals surface area contributed by atoms with Crippen LogP contribution in [0, 0.1) is 0 Å². The highest BCUT2D eigenvalue weighted by Gasteiger charge is 1.88. The molecule has 0 saturated heterocycles. The van der Waals surface area contributed by atoms with E-state index in [1.807, 2.05) is 0 Å². The van der Waals surface area contributed by atoms with Gasteiger partial charge in [0.1, 0.15) is 0 Å². The molecule has 0 atom stereocenters. The van der Waals surface area contributed by atoms with E-state index in [0.717, 1.165) is 0 Å². The molecule has 5 nitrogen and oxygen atoms in total. The molecule has 0 aromatic heterocycles. The number of hydrogen-bond acceptors (Lipinski definition) is 3. The summed E-state index contributed by atoms with van der Waals surface area (Å²) in [6.07, 6.45) is 2.55. The molecule has 0 amide bonds. The molecule has 0 aliphatic heterocycles. The molecule has 0 fully saturated rings. The van der Waals surface area contributed by atoms with Gasteiger partial charge in [-0.1, -0.05) is 6.08 Å². The molecule has 0 radical (unpaired) electrons. The maximum Gasteiger partial charge on any atom is 0.328 e. The highest BCUT2D eigenvalue weighted by molar-refractivity contribution is 5.89. The van der Waals surface area contributed by atoms with Crippen molar-refractivity contribution in [2.24, 2.45) is 0 Å². The standard InChI is InChI=1S/C4H4O4.C3H6O/c5-3(6)1-2-4(7)8;1-2-3-4/h1-2H,(H,5,6)(H,7,8);2,4H,1,3H2. The van der Waals surface area contributed by atoms with E-state index < -0.39 is 11.9 Å². The fourth-order valence-electron chi connectivity index (χ4n) is 0.143. The van der Waals surface area contributed by atoms with E-state index in [0.29, 0.717) is 12.2 Å². The largest absolute Gasteiger partial charge is 0.478 e. The zero-order chi connectivity index (χ0) is 9.98. The first-order chi connectivity index (χ1) is 5.54. The molecule has 3 N–H and O–H groups in total. The van der Waals surface area contributed by atoms with Crippen LogP contribution >= 0.6 is 0 Å². The summed E-state index contributed by atoms with van der Waals surface area (Å²) in [5, 5.41) is 23.4. The highest BCUT2D eigenvalue weighted by Crippen LogP contribution is 1.70.